The van der Waals surface area contributed by atoms with Crippen molar-refractivity contribution in [2.45, 2.75) is 6.92 Å². The molecule has 3 heteroatoms. The molecule has 13 heavy (non-hydrogen) atoms. The molecule has 0 saturated carbocycles. The second kappa shape index (κ2) is 4.82. The van der Waals surface area contributed by atoms with E-state index >= 15 is 0 Å². The number of aromatic hydroxyl groups is 1. The van der Waals surface area contributed by atoms with Crippen LogP contribution in [0.2, 0.25) is 0 Å². The monoisotopic (exact) mass is 196 g/mol. The summed E-state index contributed by atoms with van der Waals surface area (Å²) in [5, 5.41) is 11.0. The first kappa shape index (κ1) is 9.99. The lowest BCUT2D eigenvalue weighted by atomic mass is 10.2. The molecule has 0 aliphatic heterocycles. The molecule has 0 aliphatic rings. The van der Waals surface area contributed by atoms with E-state index in [0.717, 1.165) is 5.56 Å². The van der Waals surface area contributed by atoms with Crippen molar-refractivity contribution in [3.63, 3.8) is 0 Å². The second-order valence-corrected chi connectivity index (χ2v) is 2.77. The maximum atomic E-state index is 9.37. The zero-order chi connectivity index (χ0) is 9.68. The van der Waals surface area contributed by atoms with Gasteiger partial charge in [-0.05, 0) is 36.1 Å². The van der Waals surface area contributed by atoms with Gasteiger partial charge in [-0.2, -0.15) is 12.6 Å². The number of rotatable bonds is 3. The number of ether oxygens (including phenoxy) is 1. The Bertz CT molecular complexity index is 308. The molecule has 1 rings (SSSR count). The predicted octanol–water partition coefficient (Wildman–Crippen LogP) is 2.69. The fraction of sp³-hybridized carbons (Fsp3) is 0.200. The lowest BCUT2D eigenvalue weighted by molar-refractivity contribution is 0.318. The van der Waals surface area contributed by atoms with E-state index in [1.54, 1.807) is 23.6 Å². The molecular formula is C10H12O2S. The molecule has 1 N–H and O–H groups in total. The normalized spacial score (nSPS) is 10.6. The highest BCUT2D eigenvalue weighted by atomic mass is 32.1. The Hall–Kier alpha value is -1.09. The van der Waals surface area contributed by atoms with E-state index in [9.17, 15) is 5.11 Å². The SMILES string of the molecule is CCOc1cc(/C=C/S)ccc1O. The maximum Gasteiger partial charge on any atom is 0.161 e. The quantitative estimate of drug-likeness (QED) is 0.728. The van der Waals surface area contributed by atoms with Gasteiger partial charge >= 0.3 is 0 Å². The van der Waals surface area contributed by atoms with Crippen LogP contribution in [0.5, 0.6) is 11.5 Å². The molecule has 0 fully saturated rings. The first-order valence-corrected chi connectivity index (χ1v) is 4.56. The number of benzene rings is 1. The molecule has 0 bridgehead atoms. The summed E-state index contributed by atoms with van der Waals surface area (Å²) >= 11 is 3.96. The minimum Gasteiger partial charge on any atom is -0.504 e. The Kier molecular flexibility index (Phi) is 3.71. The fourth-order valence-electron chi connectivity index (χ4n) is 0.992. The van der Waals surface area contributed by atoms with Gasteiger partial charge in [0.25, 0.3) is 0 Å². The van der Waals surface area contributed by atoms with Gasteiger partial charge in [-0.3, -0.25) is 0 Å². The van der Waals surface area contributed by atoms with E-state index in [1.807, 2.05) is 13.0 Å². The Labute approximate surface area is 83.3 Å². The van der Waals surface area contributed by atoms with Gasteiger partial charge in [-0.15, -0.1) is 0 Å². The van der Waals surface area contributed by atoms with Gasteiger partial charge in [0, 0.05) is 0 Å². The summed E-state index contributed by atoms with van der Waals surface area (Å²) in [6.45, 7) is 2.42. The standard InChI is InChI=1S/C10H12O2S/c1-2-12-10-7-8(5-6-13)3-4-9(10)11/h3-7,11,13H,2H2,1H3/b6-5+. The molecule has 0 aliphatic carbocycles. The van der Waals surface area contributed by atoms with Crippen LogP contribution < -0.4 is 4.74 Å². The Balaban J connectivity index is 2.96. The van der Waals surface area contributed by atoms with Crippen LogP contribution >= 0.6 is 12.6 Å². The first-order valence-electron chi connectivity index (χ1n) is 4.04. The molecule has 70 valence electrons. The molecule has 2 nitrogen and oxygen atoms in total. The van der Waals surface area contributed by atoms with Crippen molar-refractivity contribution >= 4 is 18.7 Å². The molecule has 0 unspecified atom stereocenters. The number of hydrogen-bond acceptors (Lipinski definition) is 3. The highest BCUT2D eigenvalue weighted by molar-refractivity contribution is 7.83. The van der Waals surface area contributed by atoms with E-state index in [4.69, 9.17) is 4.74 Å². The Morgan fingerprint density at radius 3 is 2.92 bits per heavy atom. The van der Waals surface area contributed by atoms with Crippen molar-refractivity contribution in [1.29, 1.82) is 0 Å². The summed E-state index contributed by atoms with van der Waals surface area (Å²) in [5.41, 5.74) is 0.955. The van der Waals surface area contributed by atoms with Crippen molar-refractivity contribution in [2.75, 3.05) is 6.61 Å². The van der Waals surface area contributed by atoms with Crippen LogP contribution in [0.4, 0.5) is 0 Å². The summed E-state index contributed by atoms with van der Waals surface area (Å²) in [4.78, 5) is 0. The van der Waals surface area contributed by atoms with Crippen molar-refractivity contribution in [1.82, 2.24) is 0 Å². The molecule has 1 aromatic carbocycles. The smallest absolute Gasteiger partial charge is 0.161 e. The number of thiol groups is 1. The molecule has 0 heterocycles. The molecule has 0 amide bonds. The number of phenols is 1. The molecule has 0 saturated heterocycles. The molecular weight excluding hydrogens is 184 g/mol. The van der Waals surface area contributed by atoms with Crippen molar-refractivity contribution < 1.29 is 9.84 Å². The Morgan fingerprint density at radius 1 is 1.54 bits per heavy atom. The summed E-state index contributed by atoms with van der Waals surface area (Å²) in [6, 6.07) is 5.17. The van der Waals surface area contributed by atoms with Crippen LogP contribution in [0.25, 0.3) is 6.08 Å². The van der Waals surface area contributed by atoms with Gasteiger partial charge < -0.3 is 9.84 Å². The predicted molar refractivity (Wildman–Crippen MR) is 57.3 cm³/mol. The third kappa shape index (κ3) is 2.70. The third-order valence-electron chi connectivity index (χ3n) is 1.55. The van der Waals surface area contributed by atoms with Crippen molar-refractivity contribution in [3.05, 3.63) is 29.2 Å². The van der Waals surface area contributed by atoms with Gasteiger partial charge in [0.05, 0.1) is 6.61 Å². The van der Waals surface area contributed by atoms with Crippen molar-refractivity contribution in [3.8, 4) is 11.5 Å². The van der Waals surface area contributed by atoms with Crippen LogP contribution in [0.15, 0.2) is 23.6 Å². The average molecular weight is 196 g/mol. The highest BCUT2D eigenvalue weighted by Crippen LogP contribution is 2.27. The lowest BCUT2D eigenvalue weighted by Gasteiger charge is -2.05. The van der Waals surface area contributed by atoms with Crippen LogP contribution in [-0.2, 0) is 0 Å². The molecule has 1 aromatic rings. The fourth-order valence-corrected chi connectivity index (χ4v) is 1.16. The first-order chi connectivity index (χ1) is 6.27. The Morgan fingerprint density at radius 2 is 2.31 bits per heavy atom. The number of hydrogen-bond donors (Lipinski definition) is 2. The van der Waals surface area contributed by atoms with Crippen molar-refractivity contribution in [2.24, 2.45) is 0 Å². The summed E-state index contributed by atoms with van der Waals surface area (Å²) in [6.07, 6.45) is 1.82. The number of phenolic OH excluding ortho intramolecular Hbond substituents is 1. The highest BCUT2D eigenvalue weighted by Gasteiger charge is 2.00. The van der Waals surface area contributed by atoms with E-state index in [0.29, 0.717) is 12.4 Å². The van der Waals surface area contributed by atoms with Crippen LogP contribution in [-0.4, -0.2) is 11.7 Å². The van der Waals surface area contributed by atoms with Gasteiger partial charge in [0.2, 0.25) is 0 Å². The van der Waals surface area contributed by atoms with E-state index < -0.39 is 0 Å². The maximum absolute atomic E-state index is 9.37. The van der Waals surface area contributed by atoms with E-state index in [-0.39, 0.29) is 5.75 Å². The largest absolute Gasteiger partial charge is 0.504 e. The van der Waals surface area contributed by atoms with Gasteiger partial charge in [0.15, 0.2) is 11.5 Å². The molecule has 0 aromatic heterocycles. The molecule has 0 spiro atoms. The molecule has 0 radical (unpaired) electrons. The third-order valence-corrected chi connectivity index (χ3v) is 1.70. The minimum absolute atomic E-state index is 0.165. The summed E-state index contributed by atoms with van der Waals surface area (Å²) in [5.74, 6) is 0.671. The lowest BCUT2D eigenvalue weighted by Crippen LogP contribution is -1.91. The summed E-state index contributed by atoms with van der Waals surface area (Å²) < 4.78 is 5.21. The van der Waals surface area contributed by atoms with Crippen LogP contribution in [0.3, 0.4) is 0 Å². The van der Waals surface area contributed by atoms with Gasteiger partial charge in [-0.1, -0.05) is 6.07 Å². The van der Waals surface area contributed by atoms with Crippen LogP contribution in [0.1, 0.15) is 12.5 Å². The topological polar surface area (TPSA) is 29.5 Å². The summed E-state index contributed by atoms with van der Waals surface area (Å²) in [7, 11) is 0. The zero-order valence-electron chi connectivity index (χ0n) is 7.40. The average Bonchev–Trinajstić information content (AvgIpc) is 2.12. The zero-order valence-corrected chi connectivity index (χ0v) is 8.29. The van der Waals surface area contributed by atoms with E-state index in [1.165, 1.54) is 0 Å². The van der Waals surface area contributed by atoms with Gasteiger partial charge in [0.1, 0.15) is 0 Å². The van der Waals surface area contributed by atoms with E-state index in [2.05, 4.69) is 12.6 Å². The second-order valence-electron chi connectivity index (χ2n) is 2.48. The minimum atomic E-state index is 0.165. The molecule has 0 atom stereocenters. The van der Waals surface area contributed by atoms with Crippen LogP contribution in [0, 0.1) is 0 Å². The van der Waals surface area contributed by atoms with Gasteiger partial charge in [-0.25, -0.2) is 0 Å².